The number of carbonyl (C=O) groups is 2. The lowest BCUT2D eigenvalue weighted by molar-refractivity contribution is -0.137. The number of benzene rings is 1. The molecule has 0 unspecified atom stereocenters. The Hall–Kier alpha value is -3.16. The third kappa shape index (κ3) is 3.12. The first-order valence-corrected chi connectivity index (χ1v) is 7.31. The van der Waals surface area contributed by atoms with E-state index in [1.165, 1.54) is 11.6 Å². The van der Waals surface area contributed by atoms with E-state index in [4.69, 9.17) is 9.84 Å². The number of hydrogen-bond donors (Lipinski definition) is 2. The van der Waals surface area contributed by atoms with Crippen molar-refractivity contribution in [3.63, 3.8) is 0 Å². The number of carbonyl (C=O) groups excluding carboxylic acids is 1. The number of aliphatic carboxylic acids is 1. The zero-order valence-electron chi connectivity index (χ0n) is 13.2. The molecule has 0 bridgehead atoms. The van der Waals surface area contributed by atoms with Crippen molar-refractivity contribution in [1.82, 2.24) is 20.0 Å². The molecule has 124 valence electrons. The van der Waals surface area contributed by atoms with Gasteiger partial charge < -0.3 is 9.84 Å². The second-order valence-corrected chi connectivity index (χ2v) is 5.47. The zero-order chi connectivity index (χ0) is 17.3. The number of ketones is 1. The lowest BCUT2D eigenvalue weighted by Gasteiger charge is -2.05. The van der Waals surface area contributed by atoms with Crippen LogP contribution in [0.15, 0.2) is 24.3 Å². The Morgan fingerprint density at radius 2 is 2.12 bits per heavy atom. The van der Waals surface area contributed by atoms with Crippen LogP contribution in [0, 0.1) is 6.92 Å². The molecule has 0 radical (unpaired) electrons. The summed E-state index contributed by atoms with van der Waals surface area (Å²) in [5, 5.41) is 20.6. The third-order valence-corrected chi connectivity index (χ3v) is 3.49. The van der Waals surface area contributed by atoms with Gasteiger partial charge in [0.25, 0.3) is 0 Å². The highest BCUT2D eigenvalue weighted by atomic mass is 16.5. The number of aryl methyl sites for hydroxylation is 1. The van der Waals surface area contributed by atoms with Gasteiger partial charge in [-0.25, -0.2) is 0 Å². The first-order chi connectivity index (χ1) is 11.4. The first-order valence-electron chi connectivity index (χ1n) is 7.31. The van der Waals surface area contributed by atoms with Crippen LogP contribution in [0.2, 0.25) is 0 Å². The molecule has 0 spiro atoms. The maximum Gasteiger partial charge on any atom is 0.325 e. The van der Waals surface area contributed by atoms with Crippen molar-refractivity contribution < 1.29 is 19.4 Å². The molecule has 2 aromatic heterocycles. The average Bonchev–Trinajstić information content (AvgIpc) is 3.08. The normalized spacial score (nSPS) is 10.9. The van der Waals surface area contributed by atoms with Crippen molar-refractivity contribution in [1.29, 1.82) is 0 Å². The number of carboxylic acid groups (broad SMARTS) is 1. The molecular formula is C16H16N4O4. The number of nitrogens with one attached hydrogen (secondary N) is 1. The summed E-state index contributed by atoms with van der Waals surface area (Å²) in [7, 11) is 0. The van der Waals surface area contributed by atoms with Gasteiger partial charge in [0.15, 0.2) is 5.78 Å². The van der Waals surface area contributed by atoms with Gasteiger partial charge in [-0.1, -0.05) is 0 Å². The quantitative estimate of drug-likeness (QED) is 0.669. The van der Waals surface area contributed by atoms with E-state index in [0.29, 0.717) is 16.7 Å². The second kappa shape index (κ2) is 6.15. The zero-order valence-corrected chi connectivity index (χ0v) is 13.2. The van der Waals surface area contributed by atoms with Crippen molar-refractivity contribution in [2.45, 2.75) is 27.0 Å². The van der Waals surface area contributed by atoms with Crippen LogP contribution in [0.5, 0.6) is 5.75 Å². The SMILES string of the molecule is CC(=O)c1nn(CC(=O)O)c2ccc(OCc3cc(C)[nH]n3)cc12. The van der Waals surface area contributed by atoms with Crippen LogP contribution in [0.3, 0.4) is 0 Å². The van der Waals surface area contributed by atoms with Crippen molar-refractivity contribution in [3.05, 3.63) is 41.3 Å². The van der Waals surface area contributed by atoms with Crippen molar-refractivity contribution in [3.8, 4) is 5.75 Å². The molecule has 1 aromatic carbocycles. The smallest absolute Gasteiger partial charge is 0.325 e. The molecule has 2 heterocycles. The van der Waals surface area contributed by atoms with E-state index < -0.39 is 5.97 Å². The van der Waals surface area contributed by atoms with E-state index in [-0.39, 0.29) is 24.6 Å². The fourth-order valence-corrected chi connectivity index (χ4v) is 2.46. The number of aromatic amines is 1. The molecule has 0 aliphatic rings. The van der Waals surface area contributed by atoms with Crippen LogP contribution < -0.4 is 4.74 Å². The van der Waals surface area contributed by atoms with Gasteiger partial charge in [-0.15, -0.1) is 0 Å². The molecule has 3 aromatic rings. The van der Waals surface area contributed by atoms with Gasteiger partial charge in [-0.05, 0) is 31.2 Å². The number of H-pyrrole nitrogens is 1. The molecule has 8 nitrogen and oxygen atoms in total. The highest BCUT2D eigenvalue weighted by Crippen LogP contribution is 2.25. The lowest BCUT2D eigenvalue weighted by atomic mass is 10.1. The van der Waals surface area contributed by atoms with E-state index in [1.807, 2.05) is 13.0 Å². The Morgan fingerprint density at radius 1 is 1.33 bits per heavy atom. The number of Topliss-reactive ketones (excluding diaryl/α,β-unsaturated/α-hetero) is 1. The van der Waals surface area contributed by atoms with Gasteiger partial charge in [0.2, 0.25) is 0 Å². The molecule has 24 heavy (non-hydrogen) atoms. The average molecular weight is 328 g/mol. The molecule has 0 amide bonds. The molecule has 2 N–H and O–H groups in total. The Balaban J connectivity index is 1.92. The first kappa shape index (κ1) is 15.7. The summed E-state index contributed by atoms with van der Waals surface area (Å²) in [5.74, 6) is -0.700. The van der Waals surface area contributed by atoms with Gasteiger partial charge in [0.05, 0.1) is 11.2 Å². The summed E-state index contributed by atoms with van der Waals surface area (Å²) < 4.78 is 6.99. The van der Waals surface area contributed by atoms with Gasteiger partial charge in [-0.3, -0.25) is 19.4 Å². The summed E-state index contributed by atoms with van der Waals surface area (Å²) in [6, 6.07) is 6.98. The summed E-state index contributed by atoms with van der Waals surface area (Å²) in [6.07, 6.45) is 0. The second-order valence-electron chi connectivity index (χ2n) is 5.47. The Bertz CT molecular complexity index is 925. The van der Waals surface area contributed by atoms with Crippen molar-refractivity contribution >= 4 is 22.7 Å². The maximum absolute atomic E-state index is 11.8. The Kier molecular flexibility index (Phi) is 4.03. The largest absolute Gasteiger partial charge is 0.487 e. The maximum atomic E-state index is 11.8. The van der Waals surface area contributed by atoms with Crippen LogP contribution >= 0.6 is 0 Å². The van der Waals surface area contributed by atoms with Gasteiger partial charge >= 0.3 is 5.97 Å². The van der Waals surface area contributed by atoms with Crippen molar-refractivity contribution in [2.24, 2.45) is 0 Å². The standard InChI is InChI=1S/C16H16N4O4/c1-9-5-11(18-17-9)8-24-12-3-4-14-13(6-12)16(10(2)21)19-20(14)7-15(22)23/h3-6H,7-8H2,1-2H3,(H,17,18)(H,22,23). The summed E-state index contributed by atoms with van der Waals surface area (Å²) in [4.78, 5) is 22.7. The molecule has 0 aliphatic carbocycles. The van der Waals surface area contributed by atoms with E-state index in [0.717, 1.165) is 11.4 Å². The van der Waals surface area contributed by atoms with Gasteiger partial charge in [-0.2, -0.15) is 10.2 Å². The number of carboxylic acids is 1. The molecule has 8 heteroatoms. The topological polar surface area (TPSA) is 110 Å². The molecule has 0 aliphatic heterocycles. The third-order valence-electron chi connectivity index (χ3n) is 3.49. The molecule has 0 fully saturated rings. The number of ether oxygens (including phenoxy) is 1. The van der Waals surface area contributed by atoms with E-state index in [9.17, 15) is 9.59 Å². The summed E-state index contributed by atoms with van der Waals surface area (Å²) in [5.41, 5.74) is 2.51. The Labute approximate surface area is 137 Å². The monoisotopic (exact) mass is 328 g/mol. The van der Waals surface area contributed by atoms with Crippen LogP contribution in [0.4, 0.5) is 0 Å². The summed E-state index contributed by atoms with van der Waals surface area (Å²) >= 11 is 0. The minimum Gasteiger partial charge on any atom is -0.487 e. The van der Waals surface area contributed by atoms with E-state index >= 15 is 0 Å². The number of aromatic nitrogens is 4. The highest BCUT2D eigenvalue weighted by molar-refractivity contribution is 6.05. The van der Waals surface area contributed by atoms with E-state index in [1.54, 1.807) is 18.2 Å². The minimum absolute atomic E-state index is 0.229. The molecule has 0 saturated heterocycles. The molecular weight excluding hydrogens is 312 g/mol. The van der Waals surface area contributed by atoms with Crippen LogP contribution in [0.25, 0.3) is 10.9 Å². The van der Waals surface area contributed by atoms with Crippen molar-refractivity contribution in [2.75, 3.05) is 0 Å². The van der Waals surface area contributed by atoms with Crippen LogP contribution in [-0.2, 0) is 17.9 Å². The number of rotatable bonds is 6. The predicted molar refractivity (Wildman–Crippen MR) is 85.0 cm³/mol. The number of fused-ring (bicyclic) bond motifs is 1. The number of nitrogens with zero attached hydrogens (tertiary/aromatic N) is 3. The highest BCUT2D eigenvalue weighted by Gasteiger charge is 2.16. The minimum atomic E-state index is -1.02. The lowest BCUT2D eigenvalue weighted by Crippen LogP contribution is -2.10. The van der Waals surface area contributed by atoms with E-state index in [2.05, 4.69) is 15.3 Å². The fraction of sp³-hybridized carbons (Fsp3) is 0.250. The fourth-order valence-electron chi connectivity index (χ4n) is 2.46. The summed E-state index contributed by atoms with van der Waals surface area (Å²) in [6.45, 7) is 3.27. The predicted octanol–water partition coefficient (Wildman–Crippen LogP) is 1.93. The molecule has 0 atom stereocenters. The molecule has 0 saturated carbocycles. The Morgan fingerprint density at radius 3 is 2.75 bits per heavy atom. The van der Waals surface area contributed by atoms with Gasteiger partial charge in [0.1, 0.15) is 24.6 Å². The van der Waals surface area contributed by atoms with Crippen LogP contribution in [0.1, 0.15) is 28.8 Å². The number of hydrogen-bond acceptors (Lipinski definition) is 5. The van der Waals surface area contributed by atoms with Gasteiger partial charge in [0, 0.05) is 18.0 Å². The van der Waals surface area contributed by atoms with Crippen LogP contribution in [-0.4, -0.2) is 36.8 Å². The molecule has 3 rings (SSSR count).